The molecule has 210 valence electrons. The van der Waals surface area contributed by atoms with E-state index in [1.54, 1.807) is 0 Å². The van der Waals surface area contributed by atoms with E-state index < -0.39 is 0 Å². The third-order valence-corrected chi connectivity index (χ3v) is 10.1. The summed E-state index contributed by atoms with van der Waals surface area (Å²) in [7, 11) is 0. The minimum absolute atomic E-state index is 0.419. The van der Waals surface area contributed by atoms with Crippen LogP contribution in [0.2, 0.25) is 0 Å². The molecule has 0 atom stereocenters. The van der Waals surface area contributed by atoms with E-state index in [1.165, 1.54) is 91.2 Å². The van der Waals surface area contributed by atoms with Crippen LogP contribution in [0.5, 0.6) is 5.75 Å². The molecule has 4 rings (SSSR count). The maximum Gasteiger partial charge on any atom is 0.122 e. The molecule has 0 radical (unpaired) electrons. The molecule has 0 amide bonds. The van der Waals surface area contributed by atoms with Gasteiger partial charge in [0.2, 0.25) is 0 Å². The molecule has 1 nitrogen and oxygen atoms in total. The van der Waals surface area contributed by atoms with Crippen molar-refractivity contribution in [1.29, 1.82) is 0 Å². The Bertz CT molecular complexity index is 1120. The van der Waals surface area contributed by atoms with Crippen LogP contribution in [0.25, 0.3) is 22.3 Å². The Morgan fingerprint density at radius 3 is 1.79 bits per heavy atom. The SMILES string of the molecule is CCc1cc(-c2ccc(-c3ccc(CCC4CCC(C)CC4)cc3)cc2)ccc1OCCC(CC)(CC)CC. The summed E-state index contributed by atoms with van der Waals surface area (Å²) in [6.45, 7) is 12.4. The van der Waals surface area contributed by atoms with Gasteiger partial charge in [0.05, 0.1) is 6.61 Å². The Morgan fingerprint density at radius 2 is 1.23 bits per heavy atom. The van der Waals surface area contributed by atoms with E-state index >= 15 is 0 Å². The van der Waals surface area contributed by atoms with Crippen molar-refractivity contribution in [3.8, 4) is 28.0 Å². The summed E-state index contributed by atoms with van der Waals surface area (Å²) in [5, 5.41) is 0. The van der Waals surface area contributed by atoms with Crippen LogP contribution in [0.4, 0.5) is 0 Å². The first-order valence-electron chi connectivity index (χ1n) is 15.9. The molecule has 0 bridgehead atoms. The second-order valence-electron chi connectivity index (χ2n) is 12.3. The van der Waals surface area contributed by atoms with Crippen molar-refractivity contribution >= 4 is 0 Å². The number of hydrogen-bond donors (Lipinski definition) is 0. The van der Waals surface area contributed by atoms with Gasteiger partial charge in [0.15, 0.2) is 0 Å². The average Bonchev–Trinajstić information content (AvgIpc) is 3.00. The third-order valence-electron chi connectivity index (χ3n) is 10.1. The predicted molar refractivity (Wildman–Crippen MR) is 170 cm³/mol. The van der Waals surface area contributed by atoms with Crippen molar-refractivity contribution in [2.45, 2.75) is 105 Å². The van der Waals surface area contributed by atoms with Gasteiger partial charge < -0.3 is 4.74 Å². The van der Waals surface area contributed by atoms with Gasteiger partial charge in [-0.1, -0.05) is 134 Å². The van der Waals surface area contributed by atoms with Gasteiger partial charge in [-0.3, -0.25) is 0 Å². The zero-order valence-electron chi connectivity index (χ0n) is 25.4. The van der Waals surface area contributed by atoms with Gasteiger partial charge in [0.25, 0.3) is 0 Å². The van der Waals surface area contributed by atoms with E-state index in [0.29, 0.717) is 5.41 Å². The highest BCUT2D eigenvalue weighted by molar-refractivity contribution is 5.71. The number of hydrogen-bond acceptors (Lipinski definition) is 1. The fraction of sp³-hybridized carbons (Fsp3) is 0.526. The highest BCUT2D eigenvalue weighted by atomic mass is 16.5. The van der Waals surface area contributed by atoms with Gasteiger partial charge in [-0.15, -0.1) is 0 Å². The molecule has 0 heterocycles. The largest absolute Gasteiger partial charge is 0.493 e. The molecule has 1 aliphatic rings. The molecular weight excluding hydrogens is 472 g/mol. The summed E-state index contributed by atoms with van der Waals surface area (Å²) in [5.41, 5.74) is 8.31. The van der Waals surface area contributed by atoms with Crippen molar-refractivity contribution in [1.82, 2.24) is 0 Å². The van der Waals surface area contributed by atoms with Crippen LogP contribution < -0.4 is 4.74 Å². The van der Waals surface area contributed by atoms with Crippen molar-refractivity contribution in [2.24, 2.45) is 17.3 Å². The molecule has 1 fully saturated rings. The Kier molecular flexibility index (Phi) is 10.7. The number of ether oxygens (including phenoxy) is 1. The van der Waals surface area contributed by atoms with Crippen LogP contribution in [0.15, 0.2) is 66.7 Å². The van der Waals surface area contributed by atoms with Crippen LogP contribution in [0.3, 0.4) is 0 Å². The molecule has 0 aromatic heterocycles. The second kappa shape index (κ2) is 14.2. The molecule has 1 heteroatoms. The summed E-state index contributed by atoms with van der Waals surface area (Å²) in [6, 6.07) is 25.1. The molecule has 1 saturated carbocycles. The van der Waals surface area contributed by atoms with Gasteiger partial charge in [0, 0.05) is 0 Å². The van der Waals surface area contributed by atoms with Crippen LogP contribution in [0, 0.1) is 17.3 Å². The normalized spacial score (nSPS) is 17.8. The average molecular weight is 525 g/mol. The summed E-state index contributed by atoms with van der Waals surface area (Å²) < 4.78 is 6.32. The van der Waals surface area contributed by atoms with E-state index in [9.17, 15) is 0 Å². The van der Waals surface area contributed by atoms with E-state index in [2.05, 4.69) is 101 Å². The highest BCUT2D eigenvalue weighted by Crippen LogP contribution is 2.35. The van der Waals surface area contributed by atoms with Crippen LogP contribution in [-0.2, 0) is 12.8 Å². The minimum atomic E-state index is 0.419. The Morgan fingerprint density at radius 1 is 0.692 bits per heavy atom. The van der Waals surface area contributed by atoms with Crippen molar-refractivity contribution in [3.63, 3.8) is 0 Å². The molecule has 0 N–H and O–H groups in total. The molecule has 0 saturated heterocycles. The molecule has 1 aliphatic carbocycles. The molecule has 0 spiro atoms. The lowest BCUT2D eigenvalue weighted by atomic mass is 9.77. The number of benzene rings is 3. The molecule has 39 heavy (non-hydrogen) atoms. The van der Waals surface area contributed by atoms with Gasteiger partial charge in [-0.2, -0.15) is 0 Å². The summed E-state index contributed by atoms with van der Waals surface area (Å²) >= 11 is 0. The monoisotopic (exact) mass is 524 g/mol. The Labute approximate surface area is 239 Å². The third kappa shape index (κ3) is 7.77. The molecule has 3 aromatic carbocycles. The Balaban J connectivity index is 1.35. The van der Waals surface area contributed by atoms with Crippen LogP contribution in [-0.4, -0.2) is 6.61 Å². The quantitative estimate of drug-likeness (QED) is 0.216. The fourth-order valence-corrected chi connectivity index (χ4v) is 6.54. The summed E-state index contributed by atoms with van der Waals surface area (Å²) in [4.78, 5) is 0. The first-order valence-corrected chi connectivity index (χ1v) is 15.9. The van der Waals surface area contributed by atoms with Gasteiger partial charge >= 0.3 is 0 Å². The van der Waals surface area contributed by atoms with E-state index in [-0.39, 0.29) is 0 Å². The van der Waals surface area contributed by atoms with Crippen LogP contribution in [0.1, 0.15) is 104 Å². The highest BCUT2D eigenvalue weighted by Gasteiger charge is 2.23. The molecular formula is C38H52O. The standard InChI is InChI=1S/C38H52O/c1-6-32-28-36(24-25-37(32)39-27-26-38(7-2,8-3)9-4)35-22-20-34(21-23-35)33-18-16-31(17-19-33)15-14-30-12-10-29(5)11-13-30/h16-25,28-30H,6-15,26-27H2,1-5H3. The van der Waals surface area contributed by atoms with Crippen molar-refractivity contribution < 1.29 is 4.74 Å². The lowest BCUT2D eigenvalue weighted by Crippen LogP contribution is -2.21. The maximum atomic E-state index is 6.32. The first kappa shape index (κ1) is 29.4. The first-order chi connectivity index (χ1) is 19.0. The minimum Gasteiger partial charge on any atom is -0.493 e. The molecule has 3 aromatic rings. The zero-order chi connectivity index (χ0) is 27.7. The van der Waals surface area contributed by atoms with Gasteiger partial charge in [-0.25, -0.2) is 0 Å². The van der Waals surface area contributed by atoms with E-state index in [4.69, 9.17) is 4.74 Å². The van der Waals surface area contributed by atoms with Gasteiger partial charge in [0.1, 0.15) is 5.75 Å². The fourth-order valence-electron chi connectivity index (χ4n) is 6.54. The summed E-state index contributed by atoms with van der Waals surface area (Å²) in [6.07, 6.45) is 14.1. The van der Waals surface area contributed by atoms with Gasteiger partial charge in [-0.05, 0) is 88.4 Å². The maximum absolute atomic E-state index is 6.32. The van der Waals surface area contributed by atoms with E-state index in [1.807, 2.05) is 0 Å². The molecule has 0 aliphatic heterocycles. The van der Waals surface area contributed by atoms with Crippen molar-refractivity contribution in [3.05, 3.63) is 77.9 Å². The van der Waals surface area contributed by atoms with E-state index in [0.717, 1.165) is 37.0 Å². The topological polar surface area (TPSA) is 9.23 Å². The number of aryl methyl sites for hydroxylation is 2. The number of rotatable bonds is 13. The van der Waals surface area contributed by atoms with Crippen LogP contribution >= 0.6 is 0 Å². The lowest BCUT2D eigenvalue weighted by Gasteiger charge is -2.30. The smallest absolute Gasteiger partial charge is 0.122 e. The van der Waals surface area contributed by atoms with Crippen molar-refractivity contribution in [2.75, 3.05) is 6.61 Å². The Hall–Kier alpha value is -2.54. The summed E-state index contributed by atoms with van der Waals surface area (Å²) in [5.74, 6) is 2.93. The second-order valence-corrected chi connectivity index (χ2v) is 12.3. The molecule has 0 unspecified atom stereocenters. The zero-order valence-corrected chi connectivity index (χ0v) is 25.4. The predicted octanol–water partition coefficient (Wildman–Crippen LogP) is 11.3. The lowest BCUT2D eigenvalue weighted by molar-refractivity contribution is 0.173.